The molecule has 0 amide bonds. The van der Waals surface area contributed by atoms with Crippen LogP contribution in [0.4, 0.5) is 0 Å². The number of hydrogen-bond acceptors (Lipinski definition) is 2. The van der Waals surface area contributed by atoms with Gasteiger partial charge in [0.1, 0.15) is 11.3 Å². The standard InChI is InChI=1S/C17H16ClNO/c1-10-6-7-15-12(8-10)9-16(20-15)17(19)13-4-3-5-14(18)11(13)2/h3-9,17H,19H2,1-2H3. The number of halogens is 1. The molecule has 1 unspecified atom stereocenters. The highest BCUT2D eigenvalue weighted by molar-refractivity contribution is 6.31. The Morgan fingerprint density at radius 2 is 1.90 bits per heavy atom. The largest absolute Gasteiger partial charge is 0.459 e. The second-order valence-electron chi connectivity index (χ2n) is 5.12. The molecule has 2 aromatic carbocycles. The third-order valence-electron chi connectivity index (χ3n) is 3.64. The van der Waals surface area contributed by atoms with Crippen LogP contribution in [-0.4, -0.2) is 0 Å². The molecule has 0 aliphatic carbocycles. The van der Waals surface area contributed by atoms with Crippen molar-refractivity contribution in [2.45, 2.75) is 19.9 Å². The Labute approximate surface area is 123 Å². The second-order valence-corrected chi connectivity index (χ2v) is 5.53. The second kappa shape index (κ2) is 4.97. The van der Waals surface area contributed by atoms with Gasteiger partial charge in [0.15, 0.2) is 0 Å². The van der Waals surface area contributed by atoms with E-state index in [2.05, 4.69) is 13.0 Å². The minimum absolute atomic E-state index is 0.304. The Morgan fingerprint density at radius 1 is 1.10 bits per heavy atom. The molecule has 0 fully saturated rings. The van der Waals surface area contributed by atoms with Crippen molar-refractivity contribution in [2.75, 3.05) is 0 Å². The van der Waals surface area contributed by atoms with Gasteiger partial charge in [0, 0.05) is 10.4 Å². The fourth-order valence-electron chi connectivity index (χ4n) is 2.45. The maximum Gasteiger partial charge on any atom is 0.134 e. The Bertz CT molecular complexity index is 776. The predicted octanol–water partition coefficient (Wildman–Crippen LogP) is 4.75. The first-order valence-corrected chi connectivity index (χ1v) is 6.95. The van der Waals surface area contributed by atoms with E-state index in [4.69, 9.17) is 21.8 Å². The molecule has 3 rings (SSSR count). The van der Waals surface area contributed by atoms with E-state index in [1.807, 2.05) is 43.3 Å². The number of rotatable bonds is 2. The highest BCUT2D eigenvalue weighted by Crippen LogP contribution is 2.30. The van der Waals surface area contributed by atoms with Crippen LogP contribution < -0.4 is 5.73 Å². The molecule has 0 aliphatic heterocycles. The van der Waals surface area contributed by atoms with Gasteiger partial charge in [-0.15, -0.1) is 0 Å². The van der Waals surface area contributed by atoms with E-state index < -0.39 is 0 Å². The van der Waals surface area contributed by atoms with E-state index in [-0.39, 0.29) is 6.04 Å². The van der Waals surface area contributed by atoms with Crippen LogP contribution in [0.5, 0.6) is 0 Å². The molecule has 20 heavy (non-hydrogen) atoms. The van der Waals surface area contributed by atoms with Crippen molar-refractivity contribution in [2.24, 2.45) is 5.73 Å². The van der Waals surface area contributed by atoms with Gasteiger partial charge in [-0.25, -0.2) is 0 Å². The average molecular weight is 286 g/mol. The van der Waals surface area contributed by atoms with E-state index >= 15 is 0 Å². The zero-order chi connectivity index (χ0) is 14.3. The third-order valence-corrected chi connectivity index (χ3v) is 4.05. The molecule has 0 aliphatic rings. The van der Waals surface area contributed by atoms with Gasteiger partial charge in [-0.1, -0.05) is 35.4 Å². The molecule has 0 spiro atoms. The number of fused-ring (bicyclic) bond motifs is 1. The van der Waals surface area contributed by atoms with Crippen molar-refractivity contribution in [1.82, 2.24) is 0 Å². The quantitative estimate of drug-likeness (QED) is 0.738. The van der Waals surface area contributed by atoms with Crippen LogP contribution in [-0.2, 0) is 0 Å². The Hall–Kier alpha value is -1.77. The lowest BCUT2D eigenvalue weighted by Crippen LogP contribution is -2.12. The fourth-order valence-corrected chi connectivity index (χ4v) is 2.63. The van der Waals surface area contributed by atoms with Crippen molar-refractivity contribution in [3.63, 3.8) is 0 Å². The van der Waals surface area contributed by atoms with Gasteiger partial charge in [0.05, 0.1) is 6.04 Å². The molecule has 1 aromatic heterocycles. The van der Waals surface area contributed by atoms with Gasteiger partial charge in [0.25, 0.3) is 0 Å². The number of furan rings is 1. The summed E-state index contributed by atoms with van der Waals surface area (Å²) in [7, 11) is 0. The topological polar surface area (TPSA) is 39.2 Å². The van der Waals surface area contributed by atoms with Crippen LogP contribution in [0.25, 0.3) is 11.0 Å². The number of hydrogen-bond donors (Lipinski definition) is 1. The molecule has 3 heteroatoms. The first kappa shape index (κ1) is 13.2. The lowest BCUT2D eigenvalue weighted by molar-refractivity contribution is 0.524. The molecule has 0 bridgehead atoms. The van der Waals surface area contributed by atoms with Crippen LogP contribution >= 0.6 is 11.6 Å². The molecule has 2 N–H and O–H groups in total. The first-order valence-electron chi connectivity index (χ1n) is 6.57. The highest BCUT2D eigenvalue weighted by Gasteiger charge is 2.17. The van der Waals surface area contributed by atoms with Crippen LogP contribution in [0, 0.1) is 13.8 Å². The average Bonchev–Trinajstić information content (AvgIpc) is 2.84. The van der Waals surface area contributed by atoms with Crippen LogP contribution in [0.1, 0.15) is 28.5 Å². The van der Waals surface area contributed by atoms with E-state index in [0.717, 1.165) is 32.9 Å². The van der Waals surface area contributed by atoms with Gasteiger partial charge in [-0.3, -0.25) is 0 Å². The van der Waals surface area contributed by atoms with E-state index in [0.29, 0.717) is 0 Å². The maximum absolute atomic E-state index is 6.34. The summed E-state index contributed by atoms with van der Waals surface area (Å²) in [6, 6.07) is 13.6. The maximum atomic E-state index is 6.34. The lowest BCUT2D eigenvalue weighted by Gasteiger charge is -2.13. The Morgan fingerprint density at radius 3 is 2.70 bits per heavy atom. The van der Waals surface area contributed by atoms with Crippen LogP contribution in [0.2, 0.25) is 5.02 Å². The normalized spacial score (nSPS) is 12.8. The van der Waals surface area contributed by atoms with Crippen molar-refractivity contribution >= 4 is 22.6 Å². The van der Waals surface area contributed by atoms with Crippen molar-refractivity contribution in [1.29, 1.82) is 0 Å². The summed E-state index contributed by atoms with van der Waals surface area (Å²) in [6.45, 7) is 4.04. The molecule has 1 heterocycles. The molecule has 0 radical (unpaired) electrons. The molecule has 102 valence electrons. The van der Waals surface area contributed by atoms with Gasteiger partial charge >= 0.3 is 0 Å². The van der Waals surface area contributed by atoms with E-state index in [1.54, 1.807) is 0 Å². The summed E-state index contributed by atoms with van der Waals surface area (Å²) in [5.41, 5.74) is 10.4. The summed E-state index contributed by atoms with van der Waals surface area (Å²) in [5.74, 6) is 0.760. The van der Waals surface area contributed by atoms with E-state index in [9.17, 15) is 0 Å². The van der Waals surface area contributed by atoms with Crippen molar-refractivity contribution in [3.05, 3.63) is 69.9 Å². The zero-order valence-corrected chi connectivity index (χ0v) is 12.2. The Balaban J connectivity index is 2.08. The smallest absolute Gasteiger partial charge is 0.134 e. The molecule has 3 aromatic rings. The summed E-state index contributed by atoms with van der Waals surface area (Å²) in [4.78, 5) is 0. The number of aryl methyl sites for hydroxylation is 1. The molecular weight excluding hydrogens is 270 g/mol. The third kappa shape index (κ3) is 2.21. The summed E-state index contributed by atoms with van der Waals surface area (Å²) in [6.07, 6.45) is 0. The molecule has 1 atom stereocenters. The monoisotopic (exact) mass is 285 g/mol. The van der Waals surface area contributed by atoms with Gasteiger partial charge < -0.3 is 10.2 Å². The van der Waals surface area contributed by atoms with Gasteiger partial charge in [-0.05, 0) is 49.2 Å². The highest BCUT2D eigenvalue weighted by atomic mass is 35.5. The van der Waals surface area contributed by atoms with Gasteiger partial charge in [-0.2, -0.15) is 0 Å². The minimum atomic E-state index is -0.304. The summed E-state index contributed by atoms with van der Waals surface area (Å²) in [5, 5.41) is 1.81. The van der Waals surface area contributed by atoms with E-state index in [1.165, 1.54) is 5.56 Å². The zero-order valence-electron chi connectivity index (χ0n) is 11.5. The molecule has 0 saturated carbocycles. The predicted molar refractivity (Wildman–Crippen MR) is 83.2 cm³/mol. The lowest BCUT2D eigenvalue weighted by atomic mass is 10.00. The van der Waals surface area contributed by atoms with Crippen molar-refractivity contribution < 1.29 is 4.42 Å². The molecule has 2 nitrogen and oxygen atoms in total. The van der Waals surface area contributed by atoms with Gasteiger partial charge in [0.2, 0.25) is 0 Å². The number of benzene rings is 2. The van der Waals surface area contributed by atoms with Crippen LogP contribution in [0.15, 0.2) is 46.9 Å². The van der Waals surface area contributed by atoms with Crippen LogP contribution in [0.3, 0.4) is 0 Å². The minimum Gasteiger partial charge on any atom is -0.459 e. The van der Waals surface area contributed by atoms with Crippen molar-refractivity contribution in [3.8, 4) is 0 Å². The summed E-state index contributed by atoms with van der Waals surface area (Å²) >= 11 is 6.16. The number of nitrogens with two attached hydrogens (primary N) is 1. The SMILES string of the molecule is Cc1ccc2oc(C(N)c3cccc(Cl)c3C)cc2c1. The fraction of sp³-hybridized carbons (Fsp3) is 0.176. The first-order chi connectivity index (χ1) is 9.56. The Kier molecular flexibility index (Phi) is 3.28. The summed E-state index contributed by atoms with van der Waals surface area (Å²) < 4.78 is 5.87. The molecule has 0 saturated heterocycles. The molecular formula is C17H16ClNO.